The van der Waals surface area contributed by atoms with E-state index >= 15 is 0 Å². The van der Waals surface area contributed by atoms with E-state index < -0.39 is 0 Å². The number of halogens is 2. The van der Waals surface area contributed by atoms with Gasteiger partial charge >= 0.3 is 0 Å². The van der Waals surface area contributed by atoms with Crippen LogP contribution in [-0.4, -0.2) is 47.0 Å². The van der Waals surface area contributed by atoms with Crippen LogP contribution in [0.1, 0.15) is 22.3 Å². The van der Waals surface area contributed by atoms with Gasteiger partial charge in [0.05, 0.1) is 5.56 Å². The highest BCUT2D eigenvalue weighted by atomic mass is 35.5. The van der Waals surface area contributed by atoms with E-state index in [2.05, 4.69) is 16.0 Å². The molecule has 1 aliphatic heterocycles. The molecule has 0 saturated carbocycles. The van der Waals surface area contributed by atoms with Crippen molar-refractivity contribution >= 4 is 34.9 Å². The zero-order chi connectivity index (χ0) is 17.8. The molecule has 25 heavy (non-hydrogen) atoms. The van der Waals surface area contributed by atoms with Crippen molar-refractivity contribution < 1.29 is 4.79 Å². The van der Waals surface area contributed by atoms with Crippen molar-refractivity contribution in [2.75, 3.05) is 31.1 Å². The van der Waals surface area contributed by atoms with E-state index in [0.717, 1.165) is 13.0 Å². The lowest BCUT2D eigenvalue weighted by Gasteiger charge is -2.23. The zero-order valence-corrected chi connectivity index (χ0v) is 14.8. The fourth-order valence-electron chi connectivity index (χ4n) is 2.84. The molecular weight excluding hydrogens is 361 g/mol. The van der Waals surface area contributed by atoms with Crippen LogP contribution in [0.2, 0.25) is 10.3 Å². The molecule has 0 aliphatic carbocycles. The number of nitrogens with zero attached hydrogens (tertiary/aromatic N) is 5. The molecule has 6 nitrogen and oxygen atoms in total. The van der Waals surface area contributed by atoms with E-state index in [1.54, 1.807) is 23.2 Å². The van der Waals surface area contributed by atoms with Crippen LogP contribution in [0.15, 0.2) is 30.5 Å². The molecule has 0 N–H and O–H groups in total. The maximum atomic E-state index is 12.7. The topological polar surface area (TPSA) is 73.1 Å². The van der Waals surface area contributed by atoms with Gasteiger partial charge in [-0.3, -0.25) is 4.79 Å². The Labute approximate surface area is 155 Å². The third kappa shape index (κ3) is 4.01. The highest BCUT2D eigenvalue weighted by Crippen LogP contribution is 2.20. The summed E-state index contributed by atoms with van der Waals surface area (Å²) >= 11 is 11.8. The van der Waals surface area contributed by atoms with Gasteiger partial charge in [-0.05, 0) is 30.7 Å². The van der Waals surface area contributed by atoms with Crippen LogP contribution in [0.25, 0.3) is 0 Å². The van der Waals surface area contributed by atoms with E-state index in [4.69, 9.17) is 23.2 Å². The van der Waals surface area contributed by atoms with Gasteiger partial charge in [-0.1, -0.05) is 23.2 Å². The summed E-state index contributed by atoms with van der Waals surface area (Å²) in [5, 5.41) is 9.64. The van der Waals surface area contributed by atoms with Gasteiger partial charge in [-0.25, -0.2) is 9.97 Å². The molecule has 0 spiro atoms. The molecule has 2 aromatic heterocycles. The van der Waals surface area contributed by atoms with E-state index in [-0.39, 0.29) is 16.2 Å². The van der Waals surface area contributed by atoms with Gasteiger partial charge < -0.3 is 9.80 Å². The molecule has 0 unspecified atom stereocenters. The predicted octanol–water partition coefficient (Wildman–Crippen LogP) is 3.01. The Bertz CT molecular complexity index is 816. The predicted molar refractivity (Wildman–Crippen MR) is 95.9 cm³/mol. The summed E-state index contributed by atoms with van der Waals surface area (Å²) in [6, 6.07) is 8.69. The van der Waals surface area contributed by atoms with Crippen molar-refractivity contribution in [2.45, 2.75) is 6.42 Å². The van der Waals surface area contributed by atoms with Crippen LogP contribution in [0.5, 0.6) is 0 Å². The minimum absolute atomic E-state index is 0.130. The first-order valence-electron chi connectivity index (χ1n) is 7.81. The molecule has 1 saturated heterocycles. The Balaban J connectivity index is 1.75. The number of aromatic nitrogens is 2. The first kappa shape index (κ1) is 17.5. The maximum Gasteiger partial charge on any atom is 0.254 e. The monoisotopic (exact) mass is 375 g/mol. The molecular formula is C17H15Cl2N5O. The van der Waals surface area contributed by atoms with Crippen LogP contribution in [0, 0.1) is 11.3 Å². The largest absolute Gasteiger partial charge is 0.354 e. The first-order chi connectivity index (χ1) is 12.1. The van der Waals surface area contributed by atoms with Crippen molar-refractivity contribution in [3.05, 3.63) is 51.9 Å². The smallest absolute Gasteiger partial charge is 0.254 e. The number of pyridine rings is 2. The lowest BCUT2D eigenvalue weighted by Crippen LogP contribution is -2.35. The van der Waals surface area contributed by atoms with E-state index in [1.165, 1.54) is 12.1 Å². The van der Waals surface area contributed by atoms with Crippen molar-refractivity contribution in [1.82, 2.24) is 14.9 Å². The average Bonchev–Trinajstić information content (AvgIpc) is 2.86. The van der Waals surface area contributed by atoms with Crippen molar-refractivity contribution in [3.63, 3.8) is 0 Å². The number of amides is 1. The first-order valence-corrected chi connectivity index (χ1v) is 8.56. The summed E-state index contributed by atoms with van der Waals surface area (Å²) in [6.45, 7) is 2.47. The van der Waals surface area contributed by atoms with Crippen molar-refractivity contribution in [1.29, 1.82) is 5.26 Å². The minimum Gasteiger partial charge on any atom is -0.354 e. The molecule has 1 aliphatic rings. The number of rotatable bonds is 2. The van der Waals surface area contributed by atoms with Crippen LogP contribution in [0.3, 0.4) is 0 Å². The standard InChI is InChI=1S/C17H15Cl2N5O/c18-14-9-13(10-15(19)22-14)17(25)24-6-2-5-23(7-8-24)16-12(11-20)3-1-4-21-16/h1,3-4,9-10H,2,5-8H2. The number of hydrogen-bond acceptors (Lipinski definition) is 5. The molecule has 0 bridgehead atoms. The van der Waals surface area contributed by atoms with Crippen LogP contribution >= 0.6 is 23.2 Å². The third-order valence-electron chi connectivity index (χ3n) is 4.00. The van der Waals surface area contributed by atoms with Gasteiger partial charge in [0.2, 0.25) is 0 Å². The van der Waals surface area contributed by atoms with Gasteiger partial charge in [0, 0.05) is 37.9 Å². The van der Waals surface area contributed by atoms with E-state index in [1.807, 2.05) is 4.90 Å². The molecule has 0 atom stereocenters. The Kier molecular flexibility index (Phi) is 5.37. The van der Waals surface area contributed by atoms with Crippen LogP contribution < -0.4 is 4.90 Å². The Hall–Kier alpha value is -2.36. The molecule has 3 rings (SSSR count). The van der Waals surface area contributed by atoms with Gasteiger partial charge in [-0.2, -0.15) is 5.26 Å². The number of nitriles is 1. The fourth-order valence-corrected chi connectivity index (χ4v) is 3.30. The van der Waals surface area contributed by atoms with Gasteiger partial charge in [0.1, 0.15) is 22.2 Å². The van der Waals surface area contributed by atoms with Gasteiger partial charge in [-0.15, -0.1) is 0 Å². The molecule has 2 aromatic rings. The maximum absolute atomic E-state index is 12.7. The lowest BCUT2D eigenvalue weighted by atomic mass is 10.2. The number of hydrogen-bond donors (Lipinski definition) is 0. The van der Waals surface area contributed by atoms with E-state index in [9.17, 15) is 10.1 Å². The summed E-state index contributed by atoms with van der Waals surface area (Å²) < 4.78 is 0. The third-order valence-corrected chi connectivity index (χ3v) is 4.39. The highest BCUT2D eigenvalue weighted by molar-refractivity contribution is 6.33. The zero-order valence-electron chi connectivity index (χ0n) is 13.3. The fraction of sp³-hybridized carbons (Fsp3) is 0.294. The second-order valence-electron chi connectivity index (χ2n) is 5.62. The molecule has 128 valence electrons. The van der Waals surface area contributed by atoms with Gasteiger partial charge in [0.25, 0.3) is 5.91 Å². The summed E-state index contributed by atoms with van der Waals surface area (Å²) in [7, 11) is 0. The molecule has 8 heteroatoms. The highest BCUT2D eigenvalue weighted by Gasteiger charge is 2.22. The average molecular weight is 376 g/mol. The normalized spacial score (nSPS) is 14.8. The molecule has 1 amide bonds. The summed E-state index contributed by atoms with van der Waals surface area (Å²) in [4.78, 5) is 24.7. The molecule has 0 aromatic carbocycles. The van der Waals surface area contributed by atoms with Crippen molar-refractivity contribution in [2.24, 2.45) is 0 Å². The second kappa shape index (κ2) is 7.68. The quantitative estimate of drug-likeness (QED) is 0.754. The van der Waals surface area contributed by atoms with Gasteiger partial charge in [0.15, 0.2) is 0 Å². The van der Waals surface area contributed by atoms with Crippen LogP contribution in [-0.2, 0) is 0 Å². The van der Waals surface area contributed by atoms with Crippen molar-refractivity contribution in [3.8, 4) is 6.07 Å². The summed E-state index contributed by atoms with van der Waals surface area (Å²) in [5.74, 6) is 0.531. The Morgan fingerprint density at radius 3 is 2.64 bits per heavy atom. The summed E-state index contributed by atoms with van der Waals surface area (Å²) in [5.41, 5.74) is 0.962. The number of anilines is 1. The molecule has 3 heterocycles. The number of carbonyl (C=O) groups is 1. The summed E-state index contributed by atoms with van der Waals surface area (Å²) in [6.07, 6.45) is 2.45. The number of carbonyl (C=O) groups excluding carboxylic acids is 1. The molecule has 0 radical (unpaired) electrons. The molecule has 1 fully saturated rings. The Morgan fingerprint density at radius 1 is 1.16 bits per heavy atom. The Morgan fingerprint density at radius 2 is 1.92 bits per heavy atom. The second-order valence-corrected chi connectivity index (χ2v) is 6.39. The van der Waals surface area contributed by atoms with Crippen LogP contribution in [0.4, 0.5) is 5.82 Å². The van der Waals surface area contributed by atoms with E-state index in [0.29, 0.717) is 36.6 Å². The SMILES string of the molecule is N#Cc1cccnc1N1CCCN(C(=O)c2cc(Cl)nc(Cl)c2)CC1. The minimum atomic E-state index is -0.130. The lowest BCUT2D eigenvalue weighted by molar-refractivity contribution is 0.0767.